The van der Waals surface area contributed by atoms with Crippen LogP contribution in [0.15, 0.2) is 48.7 Å². The predicted molar refractivity (Wildman–Crippen MR) is 74.1 cm³/mol. The summed E-state index contributed by atoms with van der Waals surface area (Å²) in [6.07, 6.45) is 1.86. The second kappa shape index (κ2) is 4.11. The largest absolute Gasteiger partial charge is 0.384 e. The van der Waals surface area contributed by atoms with Crippen LogP contribution in [0.25, 0.3) is 22.2 Å². The number of fused-ring (bicyclic) bond motifs is 1. The Morgan fingerprint density at radius 3 is 2.67 bits per heavy atom. The molecule has 2 aromatic heterocycles. The van der Waals surface area contributed by atoms with Gasteiger partial charge in [0.05, 0.1) is 11.2 Å². The van der Waals surface area contributed by atoms with Crippen molar-refractivity contribution < 1.29 is 0 Å². The summed E-state index contributed by atoms with van der Waals surface area (Å²) in [5.74, 6) is 0.530. The summed E-state index contributed by atoms with van der Waals surface area (Å²) in [4.78, 5) is 8.86. The Balaban J connectivity index is 2.28. The Kier molecular flexibility index (Phi) is 2.45. The topological polar surface area (TPSA) is 51.8 Å². The third-order valence-corrected chi connectivity index (χ3v) is 2.93. The number of anilines is 1. The van der Waals surface area contributed by atoms with Crippen LogP contribution in [-0.2, 0) is 0 Å². The monoisotopic (exact) mass is 235 g/mol. The number of hydrogen-bond acceptors (Lipinski definition) is 3. The lowest BCUT2D eigenvalue weighted by Gasteiger charge is -2.06. The summed E-state index contributed by atoms with van der Waals surface area (Å²) in [6.45, 7) is 2.02. The zero-order valence-electron chi connectivity index (χ0n) is 10.1. The quantitative estimate of drug-likeness (QED) is 0.704. The average Bonchev–Trinajstić information content (AvgIpc) is 2.39. The number of para-hydroxylation sites is 1. The Morgan fingerprint density at radius 2 is 1.89 bits per heavy atom. The summed E-state index contributed by atoms with van der Waals surface area (Å²) in [7, 11) is 0. The van der Waals surface area contributed by atoms with Crippen LogP contribution >= 0.6 is 0 Å². The molecule has 0 unspecified atom stereocenters. The van der Waals surface area contributed by atoms with Gasteiger partial charge in [-0.2, -0.15) is 0 Å². The first-order chi connectivity index (χ1) is 8.74. The summed E-state index contributed by atoms with van der Waals surface area (Å²) in [6, 6.07) is 13.9. The highest BCUT2D eigenvalue weighted by Gasteiger charge is 2.06. The van der Waals surface area contributed by atoms with Crippen LogP contribution in [0.4, 0.5) is 5.82 Å². The van der Waals surface area contributed by atoms with E-state index >= 15 is 0 Å². The highest BCUT2D eigenvalue weighted by molar-refractivity contribution is 5.93. The molecular weight excluding hydrogens is 222 g/mol. The molecule has 0 aliphatic rings. The van der Waals surface area contributed by atoms with E-state index < -0.39 is 0 Å². The van der Waals surface area contributed by atoms with E-state index in [9.17, 15) is 0 Å². The van der Waals surface area contributed by atoms with Crippen molar-refractivity contribution in [2.45, 2.75) is 6.92 Å². The molecule has 0 amide bonds. The predicted octanol–water partition coefficient (Wildman–Crippen LogP) is 3.19. The summed E-state index contributed by atoms with van der Waals surface area (Å²) in [5, 5.41) is 1.07. The summed E-state index contributed by atoms with van der Waals surface area (Å²) >= 11 is 0. The lowest BCUT2D eigenvalue weighted by Crippen LogP contribution is -1.92. The molecule has 3 nitrogen and oxygen atoms in total. The summed E-state index contributed by atoms with van der Waals surface area (Å²) < 4.78 is 0. The number of rotatable bonds is 1. The van der Waals surface area contributed by atoms with Gasteiger partial charge in [0.2, 0.25) is 0 Å². The number of aryl methyl sites for hydroxylation is 1. The van der Waals surface area contributed by atoms with Gasteiger partial charge in [0.15, 0.2) is 0 Å². The van der Waals surface area contributed by atoms with E-state index in [1.165, 1.54) is 0 Å². The lowest BCUT2D eigenvalue weighted by atomic mass is 10.1. The molecule has 3 aromatic rings. The fraction of sp³-hybridized carbons (Fsp3) is 0.0667. The van der Waals surface area contributed by atoms with E-state index in [1.807, 2.05) is 55.6 Å². The van der Waals surface area contributed by atoms with Gasteiger partial charge in [-0.15, -0.1) is 0 Å². The van der Waals surface area contributed by atoms with E-state index in [4.69, 9.17) is 5.73 Å². The van der Waals surface area contributed by atoms with Crippen LogP contribution in [0.1, 0.15) is 5.56 Å². The minimum Gasteiger partial charge on any atom is -0.384 e. The average molecular weight is 235 g/mol. The molecule has 0 spiro atoms. The van der Waals surface area contributed by atoms with E-state index in [0.29, 0.717) is 5.82 Å². The van der Waals surface area contributed by atoms with Gasteiger partial charge in [-0.05, 0) is 30.7 Å². The molecule has 1 aromatic carbocycles. The standard InChI is InChI=1S/C15H13N3/c1-10-5-7-13(17-9-10)12-4-2-3-11-6-8-14(16)18-15(11)12/h2-9H,1H3,(H2,16,18). The van der Waals surface area contributed by atoms with Gasteiger partial charge < -0.3 is 5.73 Å². The SMILES string of the molecule is Cc1ccc(-c2cccc3ccc(N)nc23)nc1. The Hall–Kier alpha value is -2.42. The number of nitrogen functional groups attached to an aromatic ring is 1. The van der Waals surface area contributed by atoms with Crippen LogP contribution in [0.2, 0.25) is 0 Å². The maximum atomic E-state index is 5.76. The molecule has 88 valence electrons. The van der Waals surface area contributed by atoms with E-state index in [2.05, 4.69) is 9.97 Å². The number of nitrogens with two attached hydrogens (primary N) is 1. The molecule has 0 radical (unpaired) electrons. The molecule has 2 N–H and O–H groups in total. The van der Waals surface area contributed by atoms with Crippen molar-refractivity contribution in [3.63, 3.8) is 0 Å². The number of benzene rings is 1. The first kappa shape index (κ1) is 10.7. The van der Waals surface area contributed by atoms with Gasteiger partial charge in [-0.3, -0.25) is 4.98 Å². The second-order valence-corrected chi connectivity index (χ2v) is 4.33. The van der Waals surface area contributed by atoms with Gasteiger partial charge in [0, 0.05) is 17.1 Å². The van der Waals surface area contributed by atoms with Gasteiger partial charge in [0.1, 0.15) is 5.82 Å². The van der Waals surface area contributed by atoms with Crippen molar-refractivity contribution >= 4 is 16.7 Å². The molecule has 0 saturated heterocycles. The normalized spacial score (nSPS) is 10.7. The Labute approximate surface area is 105 Å². The molecule has 3 heteroatoms. The van der Waals surface area contributed by atoms with Crippen molar-refractivity contribution in [3.8, 4) is 11.3 Å². The van der Waals surface area contributed by atoms with Gasteiger partial charge in [-0.25, -0.2) is 4.98 Å². The van der Waals surface area contributed by atoms with Crippen molar-refractivity contribution in [2.24, 2.45) is 0 Å². The van der Waals surface area contributed by atoms with Crippen LogP contribution < -0.4 is 5.73 Å². The first-order valence-electron chi connectivity index (χ1n) is 5.82. The Morgan fingerprint density at radius 1 is 1.00 bits per heavy atom. The first-order valence-corrected chi connectivity index (χ1v) is 5.82. The zero-order chi connectivity index (χ0) is 12.5. The fourth-order valence-corrected chi connectivity index (χ4v) is 2.00. The third kappa shape index (κ3) is 1.80. The van der Waals surface area contributed by atoms with Crippen molar-refractivity contribution in [2.75, 3.05) is 5.73 Å². The molecule has 0 atom stereocenters. The molecule has 0 bridgehead atoms. The molecule has 0 saturated carbocycles. The molecule has 18 heavy (non-hydrogen) atoms. The summed E-state index contributed by atoms with van der Waals surface area (Å²) in [5.41, 5.74) is 9.74. The van der Waals surface area contributed by atoms with E-state index in [0.717, 1.165) is 27.7 Å². The number of pyridine rings is 2. The van der Waals surface area contributed by atoms with Crippen LogP contribution in [0, 0.1) is 6.92 Å². The third-order valence-electron chi connectivity index (χ3n) is 2.93. The minimum atomic E-state index is 0.530. The minimum absolute atomic E-state index is 0.530. The van der Waals surface area contributed by atoms with Crippen LogP contribution in [0.5, 0.6) is 0 Å². The van der Waals surface area contributed by atoms with Crippen LogP contribution in [0.3, 0.4) is 0 Å². The maximum absolute atomic E-state index is 5.76. The molecule has 0 aliphatic heterocycles. The lowest BCUT2D eigenvalue weighted by molar-refractivity contribution is 1.27. The highest BCUT2D eigenvalue weighted by Crippen LogP contribution is 2.26. The Bertz CT molecular complexity index is 703. The van der Waals surface area contributed by atoms with Crippen molar-refractivity contribution in [3.05, 3.63) is 54.2 Å². The van der Waals surface area contributed by atoms with Gasteiger partial charge in [-0.1, -0.05) is 24.3 Å². The maximum Gasteiger partial charge on any atom is 0.124 e. The molecule has 2 heterocycles. The van der Waals surface area contributed by atoms with Crippen LogP contribution in [-0.4, -0.2) is 9.97 Å². The van der Waals surface area contributed by atoms with Gasteiger partial charge in [0.25, 0.3) is 0 Å². The molecule has 0 aliphatic carbocycles. The van der Waals surface area contributed by atoms with Gasteiger partial charge >= 0.3 is 0 Å². The van der Waals surface area contributed by atoms with Crippen molar-refractivity contribution in [1.29, 1.82) is 0 Å². The smallest absolute Gasteiger partial charge is 0.124 e. The second-order valence-electron chi connectivity index (χ2n) is 4.33. The molecular formula is C15H13N3. The molecule has 0 fully saturated rings. The fourth-order valence-electron chi connectivity index (χ4n) is 2.00. The van der Waals surface area contributed by atoms with Crippen molar-refractivity contribution in [1.82, 2.24) is 9.97 Å². The number of aromatic nitrogens is 2. The van der Waals surface area contributed by atoms with E-state index in [-0.39, 0.29) is 0 Å². The highest BCUT2D eigenvalue weighted by atomic mass is 14.8. The zero-order valence-corrected chi connectivity index (χ0v) is 10.1. The molecule has 3 rings (SSSR count). The number of nitrogens with zero attached hydrogens (tertiary/aromatic N) is 2. The number of hydrogen-bond donors (Lipinski definition) is 1. The van der Waals surface area contributed by atoms with E-state index in [1.54, 1.807) is 0 Å².